The Morgan fingerprint density at radius 1 is 1.30 bits per heavy atom. The van der Waals surface area contributed by atoms with E-state index < -0.39 is 0 Å². The molecule has 1 amide bonds. The number of carbonyl (C=O) groups is 1. The first-order valence-electron chi connectivity index (χ1n) is 7.68. The normalized spacial score (nSPS) is 16.2. The zero-order chi connectivity index (χ0) is 14.5. The summed E-state index contributed by atoms with van der Waals surface area (Å²) in [6, 6.07) is 10.3. The third kappa shape index (κ3) is 4.34. The highest BCUT2D eigenvalue weighted by molar-refractivity contribution is 5.76. The minimum atomic E-state index is -0.0462. The highest BCUT2D eigenvalue weighted by Crippen LogP contribution is 2.30. The molecule has 1 aromatic rings. The van der Waals surface area contributed by atoms with Crippen LogP contribution in [0, 0.1) is 5.92 Å². The van der Waals surface area contributed by atoms with Crippen LogP contribution in [0.15, 0.2) is 30.3 Å². The first-order chi connectivity index (χ1) is 9.58. The molecule has 2 N–H and O–H groups in total. The number of nitrogens with zero attached hydrogens (tertiary/aromatic N) is 1. The zero-order valence-electron chi connectivity index (χ0n) is 12.6. The molecule has 110 valence electrons. The molecule has 0 aliphatic heterocycles. The van der Waals surface area contributed by atoms with E-state index in [1.54, 1.807) is 0 Å². The molecule has 0 aromatic heterocycles. The molecule has 0 saturated heterocycles. The minimum absolute atomic E-state index is 0.0462. The van der Waals surface area contributed by atoms with Gasteiger partial charge < -0.3 is 10.6 Å². The summed E-state index contributed by atoms with van der Waals surface area (Å²) >= 11 is 0. The average Bonchev–Trinajstić information content (AvgIpc) is 3.26. The molecule has 1 saturated carbocycles. The average molecular weight is 274 g/mol. The van der Waals surface area contributed by atoms with Gasteiger partial charge in [0.1, 0.15) is 0 Å². The Bertz CT molecular complexity index is 426. The van der Waals surface area contributed by atoms with Gasteiger partial charge in [0.2, 0.25) is 5.91 Å². The van der Waals surface area contributed by atoms with Gasteiger partial charge in [-0.25, -0.2) is 0 Å². The number of rotatable bonds is 7. The molecule has 1 aromatic carbocycles. The van der Waals surface area contributed by atoms with Crippen LogP contribution in [0.2, 0.25) is 0 Å². The summed E-state index contributed by atoms with van der Waals surface area (Å²) in [7, 11) is 0. The van der Waals surface area contributed by atoms with Gasteiger partial charge in [0.05, 0.1) is 0 Å². The number of amides is 1. The standard InChI is InChI=1S/C17H26N2O/c1-13(2)19(12-14-8-9-14)17(20)11-10-16(18)15-6-4-3-5-7-15/h3-7,13-14,16H,8-12,18H2,1-2H3. The van der Waals surface area contributed by atoms with Crippen LogP contribution in [-0.4, -0.2) is 23.4 Å². The fourth-order valence-electron chi connectivity index (χ4n) is 2.47. The molecule has 1 fully saturated rings. The van der Waals surface area contributed by atoms with Gasteiger partial charge in [0.15, 0.2) is 0 Å². The van der Waals surface area contributed by atoms with E-state index in [1.165, 1.54) is 12.8 Å². The van der Waals surface area contributed by atoms with Crippen molar-refractivity contribution in [2.45, 2.75) is 51.6 Å². The molecule has 3 nitrogen and oxygen atoms in total. The fraction of sp³-hybridized carbons (Fsp3) is 0.588. The maximum Gasteiger partial charge on any atom is 0.222 e. The van der Waals surface area contributed by atoms with Crippen LogP contribution in [0.3, 0.4) is 0 Å². The first-order valence-corrected chi connectivity index (χ1v) is 7.68. The molecular formula is C17H26N2O. The lowest BCUT2D eigenvalue weighted by atomic mass is 10.0. The highest BCUT2D eigenvalue weighted by atomic mass is 16.2. The largest absolute Gasteiger partial charge is 0.340 e. The Morgan fingerprint density at radius 2 is 1.95 bits per heavy atom. The lowest BCUT2D eigenvalue weighted by Crippen LogP contribution is -2.38. The molecule has 1 aliphatic carbocycles. The molecule has 1 atom stereocenters. The summed E-state index contributed by atoms with van der Waals surface area (Å²) in [5.74, 6) is 0.988. The van der Waals surface area contributed by atoms with E-state index in [0.717, 1.165) is 24.4 Å². The van der Waals surface area contributed by atoms with Gasteiger partial charge in [-0.2, -0.15) is 0 Å². The summed E-state index contributed by atoms with van der Waals surface area (Å²) in [5.41, 5.74) is 7.27. The van der Waals surface area contributed by atoms with Gasteiger partial charge >= 0.3 is 0 Å². The van der Waals surface area contributed by atoms with Crippen molar-refractivity contribution in [2.75, 3.05) is 6.54 Å². The Kier molecular flexibility index (Phi) is 5.18. The maximum atomic E-state index is 12.4. The second-order valence-electron chi connectivity index (χ2n) is 6.14. The van der Waals surface area contributed by atoms with Gasteiger partial charge in [-0.1, -0.05) is 30.3 Å². The van der Waals surface area contributed by atoms with Crippen LogP contribution in [0.5, 0.6) is 0 Å². The second kappa shape index (κ2) is 6.89. The Morgan fingerprint density at radius 3 is 2.50 bits per heavy atom. The van der Waals surface area contributed by atoms with Crippen LogP contribution in [0.4, 0.5) is 0 Å². The number of nitrogens with two attached hydrogens (primary N) is 1. The molecule has 0 radical (unpaired) electrons. The molecule has 0 spiro atoms. The Labute approximate surface area is 122 Å². The molecular weight excluding hydrogens is 248 g/mol. The maximum absolute atomic E-state index is 12.4. The Hall–Kier alpha value is -1.35. The van der Waals surface area contributed by atoms with E-state index >= 15 is 0 Å². The first kappa shape index (κ1) is 15.0. The number of benzene rings is 1. The lowest BCUT2D eigenvalue weighted by Gasteiger charge is -2.27. The van der Waals surface area contributed by atoms with Crippen molar-refractivity contribution in [3.63, 3.8) is 0 Å². The van der Waals surface area contributed by atoms with Crippen LogP contribution in [0.1, 0.15) is 51.1 Å². The number of hydrogen-bond acceptors (Lipinski definition) is 2. The van der Waals surface area contributed by atoms with Gasteiger partial charge in [0.25, 0.3) is 0 Å². The van der Waals surface area contributed by atoms with E-state index in [9.17, 15) is 4.79 Å². The monoisotopic (exact) mass is 274 g/mol. The van der Waals surface area contributed by atoms with Gasteiger partial charge in [0, 0.05) is 25.0 Å². The van der Waals surface area contributed by atoms with Crippen molar-refractivity contribution >= 4 is 5.91 Å². The molecule has 0 bridgehead atoms. The van der Waals surface area contributed by atoms with Crippen LogP contribution in [-0.2, 0) is 4.79 Å². The SMILES string of the molecule is CC(C)N(CC1CC1)C(=O)CCC(N)c1ccccc1. The fourth-order valence-corrected chi connectivity index (χ4v) is 2.47. The summed E-state index contributed by atoms with van der Waals surface area (Å²) < 4.78 is 0. The van der Waals surface area contributed by atoms with Crippen molar-refractivity contribution in [3.8, 4) is 0 Å². The summed E-state index contributed by atoms with van der Waals surface area (Å²) in [6.45, 7) is 5.12. The van der Waals surface area contributed by atoms with Crippen LogP contribution in [0.25, 0.3) is 0 Å². The van der Waals surface area contributed by atoms with Crippen LogP contribution >= 0.6 is 0 Å². The van der Waals surface area contributed by atoms with Gasteiger partial charge in [-0.3, -0.25) is 4.79 Å². The van der Waals surface area contributed by atoms with Crippen molar-refractivity contribution < 1.29 is 4.79 Å². The zero-order valence-corrected chi connectivity index (χ0v) is 12.6. The lowest BCUT2D eigenvalue weighted by molar-refractivity contribution is -0.133. The molecule has 0 heterocycles. The number of hydrogen-bond donors (Lipinski definition) is 1. The molecule has 1 unspecified atom stereocenters. The van der Waals surface area contributed by atoms with E-state index in [0.29, 0.717) is 6.42 Å². The molecule has 20 heavy (non-hydrogen) atoms. The van der Waals surface area contributed by atoms with E-state index in [1.807, 2.05) is 35.2 Å². The number of carbonyl (C=O) groups excluding carboxylic acids is 1. The smallest absolute Gasteiger partial charge is 0.222 e. The van der Waals surface area contributed by atoms with Gasteiger partial charge in [-0.15, -0.1) is 0 Å². The third-order valence-corrected chi connectivity index (χ3v) is 3.99. The van der Waals surface area contributed by atoms with E-state index in [2.05, 4.69) is 13.8 Å². The minimum Gasteiger partial charge on any atom is -0.340 e. The van der Waals surface area contributed by atoms with Crippen LogP contribution < -0.4 is 5.73 Å². The summed E-state index contributed by atoms with van der Waals surface area (Å²) in [6.07, 6.45) is 3.82. The second-order valence-corrected chi connectivity index (χ2v) is 6.14. The van der Waals surface area contributed by atoms with Crippen molar-refractivity contribution in [2.24, 2.45) is 11.7 Å². The predicted octanol–water partition coefficient (Wildman–Crippen LogP) is 3.11. The molecule has 3 heteroatoms. The highest BCUT2D eigenvalue weighted by Gasteiger charge is 2.28. The third-order valence-electron chi connectivity index (χ3n) is 3.99. The van der Waals surface area contributed by atoms with Crippen molar-refractivity contribution in [3.05, 3.63) is 35.9 Å². The Balaban J connectivity index is 1.83. The van der Waals surface area contributed by atoms with Gasteiger partial charge in [-0.05, 0) is 44.6 Å². The van der Waals surface area contributed by atoms with E-state index in [-0.39, 0.29) is 18.0 Å². The quantitative estimate of drug-likeness (QED) is 0.830. The van der Waals surface area contributed by atoms with Crippen molar-refractivity contribution in [1.29, 1.82) is 0 Å². The topological polar surface area (TPSA) is 46.3 Å². The van der Waals surface area contributed by atoms with Crippen molar-refractivity contribution in [1.82, 2.24) is 4.90 Å². The predicted molar refractivity (Wildman–Crippen MR) is 82.2 cm³/mol. The van der Waals surface area contributed by atoms with E-state index in [4.69, 9.17) is 5.73 Å². The summed E-state index contributed by atoms with van der Waals surface area (Å²) in [5, 5.41) is 0. The molecule has 2 rings (SSSR count). The summed E-state index contributed by atoms with van der Waals surface area (Å²) in [4.78, 5) is 14.4. The molecule has 1 aliphatic rings.